The van der Waals surface area contributed by atoms with Crippen LogP contribution in [-0.4, -0.2) is 94.9 Å². The number of halogens is 3. The number of aromatic nitrogens is 8. The number of likely N-dealkylation sites (tertiary alicyclic amines) is 2. The van der Waals surface area contributed by atoms with Crippen LogP contribution in [0.4, 0.5) is 21.6 Å². The van der Waals surface area contributed by atoms with Crippen molar-refractivity contribution < 1.29 is 4.74 Å². The van der Waals surface area contributed by atoms with Crippen LogP contribution in [0, 0.1) is 17.5 Å². The Morgan fingerprint density at radius 3 is 2.12 bits per heavy atom. The molecule has 8 rings (SSSR count). The molecule has 8 heterocycles. The van der Waals surface area contributed by atoms with Gasteiger partial charge in [-0.25, -0.2) is 19.9 Å². The van der Waals surface area contributed by atoms with Gasteiger partial charge in [0.15, 0.2) is 22.9 Å². The molecule has 2 aliphatic rings. The highest BCUT2D eigenvalue weighted by atomic mass is 127. The molecular weight excluding hydrogens is 931 g/mol. The lowest BCUT2D eigenvalue weighted by atomic mass is 10.1. The van der Waals surface area contributed by atoms with Gasteiger partial charge in [0, 0.05) is 40.2 Å². The number of nitrogens with one attached hydrogen (secondary N) is 1. The van der Waals surface area contributed by atoms with E-state index in [9.17, 15) is 0 Å². The van der Waals surface area contributed by atoms with Gasteiger partial charge in [-0.15, -0.1) is 12.4 Å². The smallest absolute Gasteiger partial charge is 0.181 e. The van der Waals surface area contributed by atoms with Crippen molar-refractivity contribution in [3.8, 4) is 0 Å². The van der Waals surface area contributed by atoms with E-state index in [1.54, 1.807) is 6.20 Å². The van der Waals surface area contributed by atoms with Crippen molar-refractivity contribution in [2.45, 2.75) is 91.1 Å². The van der Waals surface area contributed by atoms with Crippen LogP contribution in [0.25, 0.3) is 11.3 Å². The SMILES string of the molecule is Cc1cn2c(Cl)cnc2c(Nc2cc(CN3CCCCC3)ns2)n1.Cc1cn2c(I)cnc2c(N(COCC[Si](C)(C)C)c2cc(CN3CCCCC3)ns2)n1.Cl. The zero-order valence-electron chi connectivity index (χ0n) is 33.4. The van der Waals surface area contributed by atoms with E-state index in [4.69, 9.17) is 25.7 Å². The Balaban J connectivity index is 0.000000196. The molecule has 2 saturated heterocycles. The molecule has 0 unspecified atom stereocenters. The van der Waals surface area contributed by atoms with Gasteiger partial charge in [-0.05, 0) is 130 Å². The number of rotatable bonds is 13. The Morgan fingerprint density at radius 1 is 0.825 bits per heavy atom. The number of aryl methyl sites for hydroxylation is 2. The van der Waals surface area contributed by atoms with E-state index >= 15 is 0 Å². The van der Waals surface area contributed by atoms with Gasteiger partial charge < -0.3 is 10.1 Å². The third-order valence-corrected chi connectivity index (χ3v) is 14.2. The highest BCUT2D eigenvalue weighted by Gasteiger charge is 2.22. The topological polar surface area (TPSA) is 117 Å². The van der Waals surface area contributed by atoms with Gasteiger partial charge in [-0.1, -0.05) is 44.1 Å². The summed E-state index contributed by atoms with van der Waals surface area (Å²) in [5.74, 6) is 1.53. The fourth-order valence-electron chi connectivity index (χ4n) is 6.93. The summed E-state index contributed by atoms with van der Waals surface area (Å²) in [7, 11) is -1.15. The van der Waals surface area contributed by atoms with E-state index in [2.05, 4.69) is 98.1 Å². The van der Waals surface area contributed by atoms with Gasteiger partial charge in [-0.3, -0.25) is 23.5 Å². The fourth-order valence-corrected chi connectivity index (χ4v) is 9.77. The molecule has 13 nitrogen and oxygen atoms in total. The van der Waals surface area contributed by atoms with Crippen LogP contribution in [0.1, 0.15) is 61.3 Å². The van der Waals surface area contributed by atoms with Crippen molar-refractivity contribution in [3.05, 3.63) is 68.5 Å². The van der Waals surface area contributed by atoms with E-state index in [0.717, 1.165) is 79.3 Å². The molecule has 308 valence electrons. The lowest BCUT2D eigenvalue weighted by Gasteiger charge is -2.25. The summed E-state index contributed by atoms with van der Waals surface area (Å²) in [5, 5.41) is 5.95. The Kier molecular flexibility index (Phi) is 15.6. The molecule has 0 saturated carbocycles. The third-order valence-electron chi connectivity index (χ3n) is 9.87. The zero-order chi connectivity index (χ0) is 39.2. The third kappa shape index (κ3) is 11.8. The second kappa shape index (κ2) is 20.2. The first-order chi connectivity index (χ1) is 27.0. The molecule has 0 amide bonds. The maximum absolute atomic E-state index is 6.19. The van der Waals surface area contributed by atoms with E-state index in [-0.39, 0.29) is 12.4 Å². The summed E-state index contributed by atoms with van der Waals surface area (Å²) >= 11 is 11.5. The van der Waals surface area contributed by atoms with Crippen molar-refractivity contribution in [2.75, 3.05) is 49.7 Å². The van der Waals surface area contributed by atoms with Crippen molar-refractivity contribution in [1.29, 1.82) is 0 Å². The van der Waals surface area contributed by atoms with E-state index in [0.29, 0.717) is 17.7 Å². The molecule has 6 aromatic heterocycles. The minimum atomic E-state index is -1.15. The Labute approximate surface area is 369 Å². The molecule has 0 radical (unpaired) electrons. The number of hydrogen-bond acceptors (Lipinski definition) is 13. The second-order valence-corrected chi connectivity index (χ2v) is 24.6. The van der Waals surface area contributed by atoms with Crippen molar-refractivity contribution >= 4 is 111 Å². The average Bonchev–Trinajstić information content (AvgIpc) is 3.98. The van der Waals surface area contributed by atoms with Crippen LogP contribution >= 0.6 is 69.7 Å². The highest BCUT2D eigenvalue weighted by Crippen LogP contribution is 2.33. The minimum Gasteiger partial charge on any atom is -0.361 e. The average molecular weight is 984 g/mol. The van der Waals surface area contributed by atoms with Gasteiger partial charge in [0.05, 0.1) is 35.2 Å². The number of piperidine rings is 2. The lowest BCUT2D eigenvalue weighted by Crippen LogP contribution is -2.29. The fraction of sp³-hybridized carbons (Fsp3) is 0.526. The van der Waals surface area contributed by atoms with Crippen LogP contribution in [0.3, 0.4) is 0 Å². The van der Waals surface area contributed by atoms with E-state index in [1.165, 1.54) is 87.8 Å². The minimum absolute atomic E-state index is 0. The summed E-state index contributed by atoms with van der Waals surface area (Å²) in [4.78, 5) is 25.5. The Morgan fingerprint density at radius 2 is 1.44 bits per heavy atom. The molecule has 0 spiro atoms. The van der Waals surface area contributed by atoms with Crippen molar-refractivity contribution in [1.82, 2.24) is 47.3 Å². The molecule has 19 heteroatoms. The molecule has 0 atom stereocenters. The van der Waals surface area contributed by atoms with Crippen LogP contribution < -0.4 is 10.2 Å². The number of hydrogen-bond donors (Lipinski definition) is 1. The standard InChI is InChI=1S/C22H33IN6OSSi.C16H19ClN6S.ClH/c1-17-14-28-19(23)13-24-21(28)22(25-17)29(16-30-10-11-32(2,3)4)20-12-18(26-31-20)15-27-8-6-5-7-9-27;1-11-9-23-13(17)8-18-16(23)15(19-11)20-14-7-12(21-24-14)10-22-5-3-2-4-6-22;/h12-14H,5-11,15-16H2,1-4H3;7-9H,2-6,10H2,1H3,(H,19,20);1H. The Bertz CT molecular complexity index is 2210. The molecule has 0 aromatic carbocycles. The number of nitrogens with zero attached hydrogens (tertiary/aromatic N) is 11. The van der Waals surface area contributed by atoms with Gasteiger partial charge in [0.1, 0.15) is 25.6 Å². The van der Waals surface area contributed by atoms with Gasteiger partial charge in [0.2, 0.25) is 0 Å². The van der Waals surface area contributed by atoms with Crippen LogP contribution in [-0.2, 0) is 17.8 Å². The normalized spacial score (nSPS) is 15.4. The maximum Gasteiger partial charge on any atom is 0.181 e. The largest absolute Gasteiger partial charge is 0.361 e. The first-order valence-corrected chi connectivity index (χ1v) is 26.2. The van der Waals surface area contributed by atoms with Crippen molar-refractivity contribution in [3.63, 3.8) is 0 Å². The molecule has 0 aliphatic carbocycles. The first-order valence-electron chi connectivity index (χ1n) is 19.5. The Hall–Kier alpha value is -2.49. The molecule has 1 N–H and O–H groups in total. The summed E-state index contributed by atoms with van der Waals surface area (Å²) in [6, 6.07) is 5.45. The van der Waals surface area contributed by atoms with Gasteiger partial charge in [-0.2, -0.15) is 8.75 Å². The highest BCUT2D eigenvalue weighted by molar-refractivity contribution is 14.1. The molecule has 2 aliphatic heterocycles. The maximum atomic E-state index is 6.19. The van der Waals surface area contributed by atoms with E-state index < -0.39 is 8.07 Å². The first kappa shape index (κ1) is 44.1. The molecule has 0 bridgehead atoms. The van der Waals surface area contributed by atoms with Gasteiger partial charge >= 0.3 is 0 Å². The van der Waals surface area contributed by atoms with Crippen LogP contribution in [0.5, 0.6) is 0 Å². The molecule has 2 fully saturated rings. The predicted molar refractivity (Wildman–Crippen MR) is 247 cm³/mol. The van der Waals surface area contributed by atoms with E-state index in [1.807, 2.05) is 36.8 Å². The summed E-state index contributed by atoms with van der Waals surface area (Å²) < 4.78 is 20.5. The summed E-state index contributed by atoms with van der Waals surface area (Å²) in [6.45, 7) is 18.8. The molecule has 57 heavy (non-hydrogen) atoms. The molecule has 6 aromatic rings. The van der Waals surface area contributed by atoms with Gasteiger partial charge in [0.25, 0.3) is 0 Å². The zero-order valence-corrected chi connectivity index (χ0v) is 39.7. The van der Waals surface area contributed by atoms with Crippen LogP contribution in [0.2, 0.25) is 30.8 Å². The van der Waals surface area contributed by atoms with Crippen LogP contribution in [0.15, 0.2) is 36.9 Å². The summed E-state index contributed by atoms with van der Waals surface area (Å²) in [5.41, 5.74) is 5.63. The molecular formula is C38H53Cl2IN12OS2Si. The second-order valence-electron chi connectivity index (χ2n) is 15.9. The predicted octanol–water partition coefficient (Wildman–Crippen LogP) is 9.83. The lowest BCUT2D eigenvalue weighted by molar-refractivity contribution is 0.153. The number of fused-ring (bicyclic) bond motifs is 2. The summed E-state index contributed by atoms with van der Waals surface area (Å²) in [6.07, 6.45) is 15.3. The monoisotopic (exact) mass is 982 g/mol. The quantitative estimate of drug-likeness (QED) is 0.0516. The van der Waals surface area contributed by atoms with Crippen molar-refractivity contribution in [2.24, 2.45) is 0 Å². The number of anilines is 4. The number of imidazole rings is 2. The number of ether oxygens (including phenoxy) is 1.